The van der Waals surface area contributed by atoms with Crippen molar-refractivity contribution in [1.82, 2.24) is 5.32 Å². The minimum atomic E-state index is -1.10. The van der Waals surface area contributed by atoms with Crippen molar-refractivity contribution in [2.24, 2.45) is 5.92 Å². The molecule has 0 fully saturated rings. The molecular formula is C12H15NO4. The van der Waals surface area contributed by atoms with Gasteiger partial charge in [0, 0.05) is 13.1 Å². The Morgan fingerprint density at radius 3 is 2.35 bits per heavy atom. The summed E-state index contributed by atoms with van der Waals surface area (Å²) in [7, 11) is 0. The maximum absolute atomic E-state index is 10.8. The van der Waals surface area contributed by atoms with Gasteiger partial charge in [-0.25, -0.2) is 0 Å². The van der Waals surface area contributed by atoms with Crippen molar-refractivity contribution in [3.05, 3.63) is 35.9 Å². The van der Waals surface area contributed by atoms with Crippen LogP contribution in [-0.2, 0) is 16.1 Å². The predicted molar refractivity (Wildman–Crippen MR) is 61.5 cm³/mol. The maximum Gasteiger partial charge on any atom is 0.308 e. The molecule has 0 radical (unpaired) electrons. The Labute approximate surface area is 99.1 Å². The van der Waals surface area contributed by atoms with Gasteiger partial charge in [0.15, 0.2) is 0 Å². The third kappa shape index (κ3) is 5.12. The molecule has 0 aliphatic rings. The Hall–Kier alpha value is -1.88. The van der Waals surface area contributed by atoms with Gasteiger partial charge in [-0.2, -0.15) is 0 Å². The SMILES string of the molecule is O=C(O)C[C@@H](CNCc1ccccc1)C(=O)O. The van der Waals surface area contributed by atoms with E-state index >= 15 is 0 Å². The van der Waals surface area contributed by atoms with Gasteiger partial charge in [-0.3, -0.25) is 9.59 Å². The zero-order chi connectivity index (χ0) is 12.7. The first-order valence-electron chi connectivity index (χ1n) is 5.29. The molecule has 0 spiro atoms. The van der Waals surface area contributed by atoms with Gasteiger partial charge >= 0.3 is 11.9 Å². The molecule has 1 aromatic rings. The third-order valence-electron chi connectivity index (χ3n) is 2.33. The van der Waals surface area contributed by atoms with Crippen LogP contribution in [0.15, 0.2) is 30.3 Å². The number of hydrogen-bond donors (Lipinski definition) is 3. The topological polar surface area (TPSA) is 86.6 Å². The van der Waals surface area contributed by atoms with Gasteiger partial charge in [0.2, 0.25) is 0 Å². The fraction of sp³-hybridized carbons (Fsp3) is 0.333. The summed E-state index contributed by atoms with van der Waals surface area (Å²) in [6.45, 7) is 0.681. The Balaban J connectivity index is 2.37. The zero-order valence-electron chi connectivity index (χ0n) is 9.30. The number of benzene rings is 1. The summed E-state index contributed by atoms with van der Waals surface area (Å²) in [6.07, 6.45) is -0.364. The second-order valence-electron chi connectivity index (χ2n) is 3.75. The van der Waals surface area contributed by atoms with E-state index in [9.17, 15) is 9.59 Å². The lowest BCUT2D eigenvalue weighted by atomic mass is 10.1. The monoisotopic (exact) mass is 237 g/mol. The highest BCUT2D eigenvalue weighted by Crippen LogP contribution is 2.03. The molecule has 0 amide bonds. The van der Waals surface area contributed by atoms with E-state index in [1.807, 2.05) is 30.3 Å². The Kier molecular flexibility index (Phi) is 5.16. The molecule has 1 atom stereocenters. The first-order chi connectivity index (χ1) is 8.09. The van der Waals surface area contributed by atoms with Crippen LogP contribution in [0.5, 0.6) is 0 Å². The molecule has 0 saturated carbocycles. The van der Waals surface area contributed by atoms with Gasteiger partial charge in [-0.05, 0) is 5.56 Å². The van der Waals surface area contributed by atoms with Gasteiger partial charge in [-0.1, -0.05) is 30.3 Å². The van der Waals surface area contributed by atoms with Gasteiger partial charge in [0.25, 0.3) is 0 Å². The molecule has 0 unspecified atom stereocenters. The van der Waals surface area contributed by atoms with E-state index in [2.05, 4.69) is 5.32 Å². The minimum Gasteiger partial charge on any atom is -0.481 e. The molecule has 0 saturated heterocycles. The van der Waals surface area contributed by atoms with E-state index in [0.717, 1.165) is 5.56 Å². The molecule has 5 nitrogen and oxygen atoms in total. The summed E-state index contributed by atoms with van der Waals surface area (Å²) < 4.78 is 0. The van der Waals surface area contributed by atoms with Crippen LogP contribution in [0.25, 0.3) is 0 Å². The van der Waals surface area contributed by atoms with Gasteiger partial charge in [0.05, 0.1) is 12.3 Å². The number of aliphatic carboxylic acids is 2. The molecule has 0 heterocycles. The summed E-state index contributed by atoms with van der Waals surface area (Å²) in [5.41, 5.74) is 1.03. The Morgan fingerprint density at radius 2 is 1.82 bits per heavy atom. The summed E-state index contributed by atoms with van der Waals surface area (Å²) in [4.78, 5) is 21.2. The van der Waals surface area contributed by atoms with Crippen molar-refractivity contribution in [1.29, 1.82) is 0 Å². The van der Waals surface area contributed by atoms with Crippen LogP contribution >= 0.6 is 0 Å². The lowest BCUT2D eigenvalue weighted by Crippen LogP contribution is -2.30. The first-order valence-corrected chi connectivity index (χ1v) is 5.29. The van der Waals surface area contributed by atoms with E-state index in [-0.39, 0.29) is 13.0 Å². The predicted octanol–water partition coefficient (Wildman–Crippen LogP) is 0.952. The van der Waals surface area contributed by atoms with Crippen LogP contribution in [0.3, 0.4) is 0 Å². The molecule has 3 N–H and O–H groups in total. The Morgan fingerprint density at radius 1 is 1.18 bits per heavy atom. The number of carbonyl (C=O) groups is 2. The molecule has 1 aromatic carbocycles. The summed E-state index contributed by atoms with van der Waals surface area (Å²) >= 11 is 0. The maximum atomic E-state index is 10.8. The lowest BCUT2D eigenvalue weighted by molar-refractivity contribution is -0.148. The highest BCUT2D eigenvalue weighted by atomic mass is 16.4. The van der Waals surface area contributed by atoms with Gasteiger partial charge in [0.1, 0.15) is 0 Å². The standard InChI is InChI=1S/C12H15NO4/c14-11(15)6-10(12(16)17)8-13-7-9-4-2-1-3-5-9/h1-5,10,13H,6-8H2,(H,14,15)(H,16,17)/t10-/m0/s1. The number of hydrogen-bond acceptors (Lipinski definition) is 3. The molecular weight excluding hydrogens is 222 g/mol. The second-order valence-corrected chi connectivity index (χ2v) is 3.75. The number of carboxylic acids is 2. The fourth-order valence-electron chi connectivity index (χ4n) is 1.44. The van der Waals surface area contributed by atoms with E-state index < -0.39 is 17.9 Å². The summed E-state index contributed by atoms with van der Waals surface area (Å²) in [5.74, 6) is -3.08. The molecule has 17 heavy (non-hydrogen) atoms. The van der Waals surface area contributed by atoms with Crippen molar-refractivity contribution in [3.8, 4) is 0 Å². The van der Waals surface area contributed by atoms with Crippen LogP contribution in [0.4, 0.5) is 0 Å². The second kappa shape index (κ2) is 6.65. The fourth-order valence-corrected chi connectivity index (χ4v) is 1.44. The molecule has 0 aromatic heterocycles. The normalized spacial score (nSPS) is 12.0. The van der Waals surface area contributed by atoms with Crippen LogP contribution in [0.1, 0.15) is 12.0 Å². The number of rotatable bonds is 7. The van der Waals surface area contributed by atoms with E-state index in [1.54, 1.807) is 0 Å². The third-order valence-corrected chi connectivity index (χ3v) is 2.33. The molecule has 5 heteroatoms. The van der Waals surface area contributed by atoms with Crippen molar-refractivity contribution >= 4 is 11.9 Å². The highest BCUT2D eigenvalue weighted by molar-refractivity contribution is 5.77. The highest BCUT2D eigenvalue weighted by Gasteiger charge is 2.20. The molecule has 0 aliphatic heterocycles. The molecule has 1 rings (SSSR count). The van der Waals surface area contributed by atoms with Crippen LogP contribution in [-0.4, -0.2) is 28.7 Å². The number of carboxylic acid groups (broad SMARTS) is 2. The summed E-state index contributed by atoms with van der Waals surface area (Å²) in [5, 5.41) is 20.3. The van der Waals surface area contributed by atoms with E-state index in [4.69, 9.17) is 10.2 Å². The van der Waals surface area contributed by atoms with E-state index in [1.165, 1.54) is 0 Å². The summed E-state index contributed by atoms with van der Waals surface area (Å²) in [6, 6.07) is 9.51. The molecule has 0 aliphatic carbocycles. The zero-order valence-corrected chi connectivity index (χ0v) is 9.30. The quantitative estimate of drug-likeness (QED) is 0.657. The average Bonchev–Trinajstić information content (AvgIpc) is 2.28. The van der Waals surface area contributed by atoms with Crippen molar-refractivity contribution in [2.75, 3.05) is 6.54 Å². The van der Waals surface area contributed by atoms with Crippen LogP contribution < -0.4 is 5.32 Å². The number of nitrogens with one attached hydrogen (secondary N) is 1. The van der Waals surface area contributed by atoms with Crippen LogP contribution in [0, 0.1) is 5.92 Å². The van der Waals surface area contributed by atoms with E-state index in [0.29, 0.717) is 6.54 Å². The lowest BCUT2D eigenvalue weighted by Gasteiger charge is -2.11. The smallest absolute Gasteiger partial charge is 0.308 e. The minimum absolute atomic E-state index is 0.149. The first kappa shape index (κ1) is 13.2. The largest absolute Gasteiger partial charge is 0.481 e. The van der Waals surface area contributed by atoms with Crippen molar-refractivity contribution in [3.63, 3.8) is 0 Å². The van der Waals surface area contributed by atoms with Crippen molar-refractivity contribution in [2.45, 2.75) is 13.0 Å². The molecule has 0 bridgehead atoms. The van der Waals surface area contributed by atoms with Crippen LogP contribution in [0.2, 0.25) is 0 Å². The Bertz CT molecular complexity index is 377. The average molecular weight is 237 g/mol. The van der Waals surface area contributed by atoms with Gasteiger partial charge in [-0.15, -0.1) is 0 Å². The van der Waals surface area contributed by atoms with Crippen molar-refractivity contribution < 1.29 is 19.8 Å². The van der Waals surface area contributed by atoms with Gasteiger partial charge < -0.3 is 15.5 Å². The molecule has 92 valence electrons.